The van der Waals surface area contributed by atoms with Crippen molar-refractivity contribution in [1.29, 1.82) is 0 Å². The minimum absolute atomic E-state index is 0.0679. The molecular weight excluding hydrogens is 540 g/mol. The summed E-state index contributed by atoms with van der Waals surface area (Å²) in [6.45, 7) is 3.74. The van der Waals surface area contributed by atoms with Crippen LogP contribution in [0.3, 0.4) is 0 Å². The van der Waals surface area contributed by atoms with E-state index in [2.05, 4.69) is 10.2 Å². The van der Waals surface area contributed by atoms with Crippen LogP contribution in [-0.4, -0.2) is 32.7 Å². The molecule has 0 N–H and O–H groups in total. The number of aromatic nitrogens is 3. The summed E-state index contributed by atoms with van der Waals surface area (Å²) in [4.78, 5) is 14.7. The summed E-state index contributed by atoms with van der Waals surface area (Å²) < 4.78 is 70.3. The molecule has 1 amide bonds. The third-order valence-corrected chi connectivity index (χ3v) is 7.31. The Bertz CT molecular complexity index is 1640. The number of rotatable bonds is 8. The molecule has 212 valence electrons. The van der Waals surface area contributed by atoms with Gasteiger partial charge in [0.1, 0.15) is 17.4 Å². The molecular formula is C30H26F4N4O3. The molecule has 41 heavy (non-hydrogen) atoms. The second kappa shape index (κ2) is 9.90. The zero-order chi connectivity index (χ0) is 29.1. The lowest BCUT2D eigenvalue weighted by molar-refractivity contribution is 0.0766. The molecule has 4 aromatic rings. The van der Waals surface area contributed by atoms with E-state index in [1.807, 2.05) is 24.3 Å². The normalized spacial score (nSPS) is 14.9. The van der Waals surface area contributed by atoms with E-state index in [4.69, 9.17) is 9.47 Å². The summed E-state index contributed by atoms with van der Waals surface area (Å²) >= 11 is 0. The van der Waals surface area contributed by atoms with E-state index in [0.29, 0.717) is 30.0 Å². The number of hydrogen-bond acceptors (Lipinski definition) is 5. The summed E-state index contributed by atoms with van der Waals surface area (Å²) in [7, 11) is 1.58. The fourth-order valence-electron chi connectivity index (χ4n) is 5.14. The third-order valence-electron chi connectivity index (χ3n) is 7.31. The van der Waals surface area contributed by atoms with Gasteiger partial charge in [-0.25, -0.2) is 17.6 Å². The molecule has 1 fully saturated rings. The molecule has 0 saturated heterocycles. The standard InChI is InChI=1S/C30H26F4N4O3/c1-30(2,41-26-24(33)11-18(31)12-25(26)34)29-36-35-27(38(29)19-6-7-19)22-10-17-15-37(28(39)21(17)13-23(22)32)14-16-4-8-20(40-3)9-5-16/h4-5,8-13,19H,6-7,14-15H2,1-3H3. The number of nitrogens with zero attached hydrogens (tertiary/aromatic N) is 4. The molecule has 1 aliphatic heterocycles. The van der Waals surface area contributed by atoms with E-state index in [1.54, 1.807) is 36.5 Å². The van der Waals surface area contributed by atoms with Gasteiger partial charge in [0.15, 0.2) is 34.6 Å². The summed E-state index contributed by atoms with van der Waals surface area (Å²) in [6, 6.07) is 11.2. The Morgan fingerprint density at radius 3 is 2.24 bits per heavy atom. The largest absolute Gasteiger partial charge is 0.497 e. The first-order chi connectivity index (χ1) is 19.6. The number of halogens is 4. The predicted molar refractivity (Wildman–Crippen MR) is 140 cm³/mol. The number of carbonyl (C=O) groups is 1. The Balaban J connectivity index is 1.32. The van der Waals surface area contributed by atoms with Gasteiger partial charge in [0.05, 0.1) is 12.7 Å². The second-order valence-corrected chi connectivity index (χ2v) is 10.8. The average molecular weight is 567 g/mol. The van der Waals surface area contributed by atoms with E-state index < -0.39 is 34.6 Å². The van der Waals surface area contributed by atoms with E-state index >= 15 is 4.39 Å². The summed E-state index contributed by atoms with van der Waals surface area (Å²) in [5.74, 6) is -3.96. The summed E-state index contributed by atoms with van der Waals surface area (Å²) in [5, 5.41) is 8.51. The smallest absolute Gasteiger partial charge is 0.254 e. The van der Waals surface area contributed by atoms with Gasteiger partial charge < -0.3 is 18.9 Å². The maximum atomic E-state index is 15.6. The van der Waals surface area contributed by atoms with Crippen LogP contribution in [-0.2, 0) is 18.7 Å². The maximum Gasteiger partial charge on any atom is 0.254 e. The first-order valence-electron chi connectivity index (χ1n) is 13.1. The van der Waals surface area contributed by atoms with Gasteiger partial charge in [-0.2, -0.15) is 0 Å². The number of fused-ring (bicyclic) bond motifs is 1. The lowest BCUT2D eigenvalue weighted by atomic mass is 10.0. The van der Waals surface area contributed by atoms with Gasteiger partial charge in [-0.05, 0) is 62.1 Å². The lowest BCUT2D eigenvalue weighted by Crippen LogP contribution is -2.30. The first-order valence-corrected chi connectivity index (χ1v) is 13.1. The van der Waals surface area contributed by atoms with Crippen LogP contribution < -0.4 is 9.47 Å². The van der Waals surface area contributed by atoms with Crippen molar-refractivity contribution < 1.29 is 31.8 Å². The van der Waals surface area contributed by atoms with Crippen molar-refractivity contribution in [1.82, 2.24) is 19.7 Å². The minimum atomic E-state index is -1.41. The number of ether oxygens (including phenoxy) is 2. The number of hydrogen-bond donors (Lipinski definition) is 0. The van der Waals surface area contributed by atoms with Crippen LogP contribution in [0, 0.1) is 23.3 Å². The van der Waals surface area contributed by atoms with Gasteiger partial charge in [0.2, 0.25) is 0 Å². The highest BCUT2D eigenvalue weighted by Crippen LogP contribution is 2.43. The fourth-order valence-corrected chi connectivity index (χ4v) is 5.14. The van der Waals surface area contributed by atoms with E-state index in [1.165, 1.54) is 6.07 Å². The maximum absolute atomic E-state index is 15.6. The molecule has 2 aliphatic rings. The molecule has 3 aromatic carbocycles. The Labute approximate surface area is 233 Å². The van der Waals surface area contributed by atoms with Gasteiger partial charge in [-0.15, -0.1) is 10.2 Å². The number of benzene rings is 3. The monoisotopic (exact) mass is 566 g/mol. The van der Waals surface area contributed by atoms with Gasteiger partial charge in [-0.1, -0.05) is 12.1 Å². The molecule has 0 unspecified atom stereocenters. The zero-order valence-electron chi connectivity index (χ0n) is 22.6. The van der Waals surface area contributed by atoms with E-state index in [-0.39, 0.29) is 41.3 Å². The molecule has 1 saturated carbocycles. The van der Waals surface area contributed by atoms with Crippen molar-refractivity contribution in [3.8, 4) is 22.9 Å². The highest BCUT2D eigenvalue weighted by Gasteiger charge is 2.39. The van der Waals surface area contributed by atoms with Crippen LogP contribution in [0.5, 0.6) is 11.5 Å². The van der Waals surface area contributed by atoms with Crippen LogP contribution in [0.15, 0.2) is 48.5 Å². The third kappa shape index (κ3) is 4.89. The van der Waals surface area contributed by atoms with Crippen LogP contribution in [0.1, 0.15) is 60.0 Å². The second-order valence-electron chi connectivity index (χ2n) is 10.8. The molecule has 2 heterocycles. The molecule has 6 rings (SSSR count). The summed E-state index contributed by atoms with van der Waals surface area (Å²) in [6.07, 6.45) is 1.54. The van der Waals surface area contributed by atoms with E-state index in [9.17, 15) is 18.0 Å². The van der Waals surface area contributed by atoms with Crippen molar-refractivity contribution in [2.75, 3.05) is 7.11 Å². The van der Waals surface area contributed by atoms with Crippen molar-refractivity contribution in [3.63, 3.8) is 0 Å². The number of amides is 1. The van der Waals surface area contributed by atoms with Crippen LogP contribution in [0.25, 0.3) is 11.4 Å². The predicted octanol–water partition coefficient (Wildman–Crippen LogP) is 6.32. The minimum Gasteiger partial charge on any atom is -0.497 e. The quantitative estimate of drug-likeness (QED) is 0.234. The molecule has 0 spiro atoms. The topological polar surface area (TPSA) is 69.5 Å². The van der Waals surface area contributed by atoms with Crippen LogP contribution in [0.2, 0.25) is 0 Å². The number of methoxy groups -OCH3 is 1. The van der Waals surface area contributed by atoms with Gasteiger partial charge in [0.25, 0.3) is 5.91 Å². The molecule has 7 nitrogen and oxygen atoms in total. The SMILES string of the molecule is COc1ccc(CN2Cc3cc(-c4nnc(C(C)(C)Oc5c(F)cc(F)cc5F)n4C4CC4)c(F)cc3C2=O)cc1. The first kappa shape index (κ1) is 26.8. The summed E-state index contributed by atoms with van der Waals surface area (Å²) in [5.41, 5.74) is 0.581. The van der Waals surface area contributed by atoms with E-state index in [0.717, 1.165) is 18.4 Å². The van der Waals surface area contributed by atoms with Crippen LogP contribution >= 0.6 is 0 Å². The van der Waals surface area contributed by atoms with Gasteiger partial charge >= 0.3 is 0 Å². The molecule has 0 radical (unpaired) electrons. The molecule has 11 heteroatoms. The highest BCUT2D eigenvalue weighted by atomic mass is 19.1. The zero-order valence-corrected chi connectivity index (χ0v) is 22.6. The molecule has 0 atom stereocenters. The van der Waals surface area contributed by atoms with Crippen molar-refractivity contribution in [3.05, 3.63) is 94.3 Å². The van der Waals surface area contributed by atoms with Gasteiger partial charge in [0, 0.05) is 36.8 Å². The van der Waals surface area contributed by atoms with Crippen LogP contribution in [0.4, 0.5) is 17.6 Å². The average Bonchev–Trinajstić information content (AvgIpc) is 3.60. The van der Waals surface area contributed by atoms with Crippen molar-refractivity contribution in [2.45, 2.75) is 51.4 Å². The Morgan fingerprint density at radius 2 is 1.61 bits per heavy atom. The molecule has 1 aromatic heterocycles. The Morgan fingerprint density at radius 1 is 0.927 bits per heavy atom. The molecule has 0 bridgehead atoms. The van der Waals surface area contributed by atoms with Gasteiger partial charge in [-0.3, -0.25) is 4.79 Å². The van der Waals surface area contributed by atoms with Crippen molar-refractivity contribution in [2.24, 2.45) is 0 Å². The Hall–Kier alpha value is -4.41. The van der Waals surface area contributed by atoms with Crippen molar-refractivity contribution >= 4 is 5.91 Å². The Kier molecular flexibility index (Phi) is 6.47. The molecule has 1 aliphatic carbocycles. The fraction of sp³-hybridized carbons (Fsp3) is 0.300. The lowest BCUT2D eigenvalue weighted by Gasteiger charge is -2.27. The highest BCUT2D eigenvalue weighted by molar-refractivity contribution is 5.99. The number of carbonyl (C=O) groups excluding carboxylic acids is 1.